The van der Waals surface area contributed by atoms with Crippen LogP contribution in [0.5, 0.6) is 0 Å². The third-order valence-electron chi connectivity index (χ3n) is 4.62. The van der Waals surface area contributed by atoms with E-state index in [4.69, 9.17) is 13.7 Å². The highest BCUT2D eigenvalue weighted by Crippen LogP contribution is 2.22. The number of esters is 1. The first-order valence-electron chi connectivity index (χ1n) is 9.75. The highest BCUT2D eigenvalue weighted by Gasteiger charge is 2.20. The van der Waals surface area contributed by atoms with Gasteiger partial charge in [0, 0.05) is 11.6 Å². The lowest BCUT2D eigenvalue weighted by molar-refractivity contribution is -0.145. The van der Waals surface area contributed by atoms with Crippen LogP contribution in [-0.2, 0) is 16.1 Å². The van der Waals surface area contributed by atoms with Gasteiger partial charge >= 0.3 is 5.97 Å². The van der Waals surface area contributed by atoms with Crippen molar-refractivity contribution < 1.29 is 23.3 Å². The summed E-state index contributed by atoms with van der Waals surface area (Å²) in [6, 6.07) is 22.8. The first kappa shape index (κ1) is 20.2. The molecule has 0 saturated carbocycles. The normalized spacial score (nSPS) is 11.6. The Hall–Kier alpha value is -4.13. The van der Waals surface area contributed by atoms with Crippen LogP contribution < -0.4 is 5.32 Å². The number of hydrogen-bond donors (Lipinski definition) is 1. The van der Waals surface area contributed by atoms with Crippen molar-refractivity contribution in [3.8, 4) is 11.5 Å². The third-order valence-corrected chi connectivity index (χ3v) is 4.62. The molecule has 2 aromatic heterocycles. The first-order valence-corrected chi connectivity index (χ1v) is 9.75. The quantitative estimate of drug-likeness (QED) is 0.424. The van der Waals surface area contributed by atoms with Gasteiger partial charge in [0.25, 0.3) is 5.91 Å². The minimum absolute atomic E-state index is 0.0223. The molecule has 7 nitrogen and oxygen atoms in total. The van der Waals surface area contributed by atoms with E-state index in [9.17, 15) is 9.59 Å². The lowest BCUT2D eigenvalue weighted by Gasteiger charge is -2.18. The Morgan fingerprint density at radius 3 is 2.39 bits per heavy atom. The molecular formula is C24H20N2O5. The van der Waals surface area contributed by atoms with Gasteiger partial charge in [-0.2, -0.15) is 0 Å². The monoisotopic (exact) mass is 416 g/mol. The number of hydrogen-bond acceptors (Lipinski definition) is 6. The molecule has 156 valence electrons. The third kappa shape index (κ3) is 5.27. The van der Waals surface area contributed by atoms with Crippen molar-refractivity contribution in [2.75, 3.05) is 0 Å². The van der Waals surface area contributed by atoms with Crippen LogP contribution in [0.4, 0.5) is 0 Å². The number of ether oxygens (including phenoxy) is 1. The fourth-order valence-electron chi connectivity index (χ4n) is 3.06. The number of carbonyl (C=O) groups excluding carboxylic acids is 2. The average molecular weight is 416 g/mol. The molecule has 0 saturated heterocycles. The Morgan fingerprint density at radius 1 is 0.935 bits per heavy atom. The molecule has 0 spiro atoms. The molecule has 0 radical (unpaired) electrons. The highest BCUT2D eigenvalue weighted by atomic mass is 16.5. The summed E-state index contributed by atoms with van der Waals surface area (Å²) < 4.78 is 15.8. The van der Waals surface area contributed by atoms with Crippen LogP contribution in [0.25, 0.3) is 11.5 Å². The van der Waals surface area contributed by atoms with E-state index in [2.05, 4.69) is 10.5 Å². The first-order chi connectivity index (χ1) is 15.2. The Bertz CT molecular complexity index is 1120. The van der Waals surface area contributed by atoms with Crippen LogP contribution in [0.15, 0.2) is 94.1 Å². The minimum Gasteiger partial charge on any atom is -0.461 e. The number of furan rings is 1. The Kier molecular flexibility index (Phi) is 6.23. The topological polar surface area (TPSA) is 94.6 Å². The van der Waals surface area contributed by atoms with Crippen molar-refractivity contribution in [3.63, 3.8) is 0 Å². The fraction of sp³-hybridized carbons (Fsp3) is 0.125. The van der Waals surface area contributed by atoms with Crippen LogP contribution in [0, 0.1) is 0 Å². The zero-order valence-electron chi connectivity index (χ0n) is 16.6. The Labute approximate surface area is 178 Å². The van der Waals surface area contributed by atoms with Crippen molar-refractivity contribution in [2.45, 2.75) is 19.1 Å². The standard InChI is InChI=1S/C24H20N2O5/c27-23(30-16-19-14-22(31-26-19)21-12-7-13-29-21)15-20(17-8-3-1-4-9-17)25-24(28)18-10-5-2-6-11-18/h1-14,20H,15-16H2,(H,25,28)/t20-/m0/s1. The predicted molar refractivity (Wildman–Crippen MR) is 112 cm³/mol. The summed E-state index contributed by atoms with van der Waals surface area (Å²) >= 11 is 0. The van der Waals surface area contributed by atoms with Crippen molar-refractivity contribution in [2.24, 2.45) is 0 Å². The number of amides is 1. The van der Waals surface area contributed by atoms with E-state index in [1.807, 2.05) is 36.4 Å². The molecule has 0 aliphatic heterocycles. The summed E-state index contributed by atoms with van der Waals surface area (Å²) in [6.45, 7) is -0.0445. The maximum Gasteiger partial charge on any atom is 0.308 e. The number of carbonyl (C=O) groups is 2. The molecule has 0 bridgehead atoms. The van der Waals surface area contributed by atoms with Gasteiger partial charge in [-0.1, -0.05) is 53.7 Å². The maximum absolute atomic E-state index is 12.6. The van der Waals surface area contributed by atoms with E-state index in [-0.39, 0.29) is 18.9 Å². The molecule has 4 rings (SSSR count). The molecule has 2 aromatic carbocycles. The van der Waals surface area contributed by atoms with E-state index in [1.54, 1.807) is 42.5 Å². The number of aromatic nitrogens is 1. The lowest BCUT2D eigenvalue weighted by Crippen LogP contribution is -2.30. The van der Waals surface area contributed by atoms with E-state index < -0.39 is 12.0 Å². The molecule has 2 heterocycles. The fourth-order valence-corrected chi connectivity index (χ4v) is 3.06. The summed E-state index contributed by atoms with van der Waals surface area (Å²) in [7, 11) is 0. The van der Waals surface area contributed by atoms with Crippen LogP contribution in [-0.4, -0.2) is 17.0 Å². The molecule has 0 aliphatic carbocycles. The molecule has 1 amide bonds. The smallest absolute Gasteiger partial charge is 0.308 e. The van der Waals surface area contributed by atoms with Gasteiger partial charge in [0.05, 0.1) is 18.7 Å². The Balaban J connectivity index is 1.39. The summed E-state index contributed by atoms with van der Waals surface area (Å²) in [5.41, 5.74) is 1.79. The van der Waals surface area contributed by atoms with E-state index in [1.165, 1.54) is 6.26 Å². The van der Waals surface area contributed by atoms with Crippen LogP contribution in [0.1, 0.15) is 34.1 Å². The van der Waals surface area contributed by atoms with E-state index >= 15 is 0 Å². The lowest BCUT2D eigenvalue weighted by atomic mass is 10.0. The average Bonchev–Trinajstić information content (AvgIpc) is 3.50. The van der Waals surface area contributed by atoms with Gasteiger partial charge in [-0.05, 0) is 29.8 Å². The zero-order chi connectivity index (χ0) is 21.5. The van der Waals surface area contributed by atoms with Gasteiger partial charge in [0.1, 0.15) is 12.3 Å². The van der Waals surface area contributed by atoms with Crippen molar-refractivity contribution in [1.82, 2.24) is 10.5 Å². The molecule has 4 aromatic rings. The molecule has 1 N–H and O–H groups in total. The van der Waals surface area contributed by atoms with Crippen LogP contribution in [0.3, 0.4) is 0 Å². The molecule has 1 atom stereocenters. The summed E-state index contributed by atoms with van der Waals surface area (Å²) in [6.07, 6.45) is 1.51. The molecule has 0 fully saturated rings. The molecular weight excluding hydrogens is 396 g/mol. The number of nitrogens with zero attached hydrogens (tertiary/aromatic N) is 1. The Morgan fingerprint density at radius 2 is 1.68 bits per heavy atom. The SMILES string of the molecule is O=C(C[C@H](NC(=O)c1ccccc1)c1ccccc1)OCc1cc(-c2ccco2)on1. The molecule has 31 heavy (non-hydrogen) atoms. The van der Waals surface area contributed by atoms with Gasteiger partial charge in [-0.15, -0.1) is 0 Å². The number of benzene rings is 2. The molecule has 0 unspecified atom stereocenters. The predicted octanol–water partition coefficient (Wildman–Crippen LogP) is 4.54. The maximum atomic E-state index is 12.6. The second kappa shape index (κ2) is 9.58. The second-order valence-corrected chi connectivity index (χ2v) is 6.83. The summed E-state index contributed by atoms with van der Waals surface area (Å²) in [4.78, 5) is 25.1. The number of rotatable bonds is 8. The zero-order valence-corrected chi connectivity index (χ0v) is 16.6. The van der Waals surface area contributed by atoms with Crippen molar-refractivity contribution in [1.29, 1.82) is 0 Å². The van der Waals surface area contributed by atoms with Gasteiger partial charge in [0.15, 0.2) is 5.76 Å². The van der Waals surface area contributed by atoms with Crippen molar-refractivity contribution in [3.05, 3.63) is 102 Å². The largest absolute Gasteiger partial charge is 0.461 e. The minimum atomic E-state index is -0.530. The van der Waals surface area contributed by atoms with E-state index in [0.717, 1.165) is 5.56 Å². The van der Waals surface area contributed by atoms with E-state index in [0.29, 0.717) is 22.8 Å². The highest BCUT2D eigenvalue weighted by molar-refractivity contribution is 5.94. The molecule has 0 aliphatic rings. The number of nitrogens with one attached hydrogen (secondary N) is 1. The van der Waals surface area contributed by atoms with Crippen LogP contribution >= 0.6 is 0 Å². The van der Waals surface area contributed by atoms with Crippen molar-refractivity contribution >= 4 is 11.9 Å². The summed E-state index contributed by atoms with van der Waals surface area (Å²) in [5, 5.41) is 6.80. The molecule has 7 heteroatoms. The van der Waals surface area contributed by atoms with Gasteiger partial charge in [-0.3, -0.25) is 9.59 Å². The van der Waals surface area contributed by atoms with Gasteiger partial charge in [0.2, 0.25) is 5.76 Å². The van der Waals surface area contributed by atoms with Gasteiger partial charge in [-0.25, -0.2) is 0 Å². The summed E-state index contributed by atoms with van der Waals surface area (Å²) in [5.74, 6) is 0.262. The van der Waals surface area contributed by atoms with Crippen LogP contribution in [0.2, 0.25) is 0 Å². The second-order valence-electron chi connectivity index (χ2n) is 6.83. The van der Waals surface area contributed by atoms with Gasteiger partial charge < -0.3 is 19.0 Å².